The molecule has 1 saturated carbocycles. The third kappa shape index (κ3) is 8.79. The molecule has 2 unspecified atom stereocenters. The number of rotatable bonds is 9. The van der Waals surface area contributed by atoms with Gasteiger partial charge in [0.1, 0.15) is 5.75 Å². The maximum atomic E-state index is 13.7. The standard InChI is InChI=1S/C27H40F3N3O4/c1-18(14-25(34)32-16-20(3)36-21(4)17-32)26(35)33(23-8-6-5-7-9-23)19(2)15-31-22-10-12-24(13-11-22)37-27(28,29)30/h10-13,18-21,23,31H,5-9,14-17H2,1-4H3/t18?,19?,20-,21+. The summed E-state index contributed by atoms with van der Waals surface area (Å²) in [5.41, 5.74) is 0.635. The number of halogens is 3. The second-order valence-corrected chi connectivity index (χ2v) is 10.5. The molecule has 37 heavy (non-hydrogen) atoms. The molecule has 2 fully saturated rings. The van der Waals surface area contributed by atoms with E-state index >= 15 is 0 Å². The van der Waals surface area contributed by atoms with Gasteiger partial charge < -0.3 is 24.6 Å². The van der Waals surface area contributed by atoms with Gasteiger partial charge in [-0.15, -0.1) is 13.2 Å². The van der Waals surface area contributed by atoms with E-state index in [9.17, 15) is 22.8 Å². The number of hydrogen-bond donors (Lipinski definition) is 1. The lowest BCUT2D eigenvalue weighted by molar-refractivity contribution is -0.274. The Morgan fingerprint density at radius 3 is 2.24 bits per heavy atom. The lowest BCUT2D eigenvalue weighted by Gasteiger charge is -2.41. The van der Waals surface area contributed by atoms with E-state index in [1.807, 2.05) is 32.6 Å². The maximum absolute atomic E-state index is 13.7. The Morgan fingerprint density at radius 2 is 1.68 bits per heavy atom. The molecule has 7 nitrogen and oxygen atoms in total. The van der Waals surface area contributed by atoms with E-state index in [1.54, 1.807) is 4.90 Å². The molecule has 1 aliphatic heterocycles. The Bertz CT molecular complexity index is 880. The van der Waals surface area contributed by atoms with Gasteiger partial charge in [0.2, 0.25) is 11.8 Å². The van der Waals surface area contributed by atoms with Gasteiger partial charge in [-0.3, -0.25) is 9.59 Å². The van der Waals surface area contributed by atoms with Crippen molar-refractivity contribution in [3.63, 3.8) is 0 Å². The van der Waals surface area contributed by atoms with Crippen molar-refractivity contribution in [1.82, 2.24) is 9.80 Å². The molecule has 0 aromatic heterocycles. The predicted octanol–water partition coefficient (Wildman–Crippen LogP) is 5.21. The van der Waals surface area contributed by atoms with Gasteiger partial charge in [0, 0.05) is 49.7 Å². The quantitative estimate of drug-likeness (QED) is 0.478. The normalized spacial score (nSPS) is 22.7. The summed E-state index contributed by atoms with van der Waals surface area (Å²) in [6.45, 7) is 9.18. The monoisotopic (exact) mass is 527 g/mol. The number of amides is 2. The number of nitrogens with one attached hydrogen (secondary N) is 1. The van der Waals surface area contributed by atoms with Gasteiger partial charge in [0.05, 0.1) is 12.2 Å². The Labute approximate surface area is 217 Å². The molecule has 1 aromatic rings. The second kappa shape index (κ2) is 12.8. The number of benzene rings is 1. The lowest BCUT2D eigenvalue weighted by Crippen LogP contribution is -2.52. The fourth-order valence-corrected chi connectivity index (χ4v) is 5.37. The molecule has 2 amide bonds. The number of carbonyl (C=O) groups excluding carboxylic acids is 2. The van der Waals surface area contributed by atoms with Gasteiger partial charge in [-0.25, -0.2) is 0 Å². The molecule has 0 spiro atoms. The number of morpholine rings is 1. The van der Waals surface area contributed by atoms with Crippen molar-refractivity contribution >= 4 is 17.5 Å². The lowest BCUT2D eigenvalue weighted by atomic mass is 9.91. The van der Waals surface area contributed by atoms with E-state index in [1.165, 1.54) is 24.3 Å². The first-order valence-corrected chi connectivity index (χ1v) is 13.3. The maximum Gasteiger partial charge on any atom is 0.573 e. The van der Waals surface area contributed by atoms with Crippen LogP contribution in [-0.2, 0) is 14.3 Å². The third-order valence-electron chi connectivity index (χ3n) is 7.06. The number of ether oxygens (including phenoxy) is 2. The summed E-state index contributed by atoms with van der Waals surface area (Å²) in [5, 5.41) is 3.23. The SMILES string of the molecule is CC(CC(=O)N1C[C@@H](C)O[C@@H](C)C1)C(=O)N(C(C)CNc1ccc(OC(F)(F)F)cc1)C1CCCCC1. The molecular formula is C27H40F3N3O4. The van der Waals surface area contributed by atoms with Gasteiger partial charge >= 0.3 is 6.36 Å². The van der Waals surface area contributed by atoms with Gasteiger partial charge in [0.15, 0.2) is 0 Å². The number of carbonyl (C=O) groups is 2. The highest BCUT2D eigenvalue weighted by Crippen LogP contribution is 2.28. The van der Waals surface area contributed by atoms with Gasteiger partial charge in [-0.1, -0.05) is 26.2 Å². The predicted molar refractivity (Wildman–Crippen MR) is 135 cm³/mol. The zero-order chi connectivity index (χ0) is 27.2. The van der Waals surface area contributed by atoms with Crippen LogP contribution in [0.1, 0.15) is 66.2 Å². The Kier molecular flexibility index (Phi) is 10.1. The van der Waals surface area contributed by atoms with Crippen LogP contribution in [0.2, 0.25) is 0 Å². The first-order chi connectivity index (χ1) is 17.4. The Morgan fingerprint density at radius 1 is 1.08 bits per heavy atom. The number of anilines is 1. The van der Waals surface area contributed by atoms with Crippen molar-refractivity contribution in [2.24, 2.45) is 5.92 Å². The van der Waals surface area contributed by atoms with Crippen LogP contribution < -0.4 is 10.1 Å². The van der Waals surface area contributed by atoms with E-state index < -0.39 is 12.3 Å². The largest absolute Gasteiger partial charge is 0.573 e. The van der Waals surface area contributed by atoms with Crippen molar-refractivity contribution in [3.05, 3.63) is 24.3 Å². The van der Waals surface area contributed by atoms with Crippen LogP contribution in [0.25, 0.3) is 0 Å². The Hall–Kier alpha value is -2.49. The minimum atomic E-state index is -4.74. The summed E-state index contributed by atoms with van der Waals surface area (Å²) in [5.74, 6) is -0.798. The van der Waals surface area contributed by atoms with Crippen LogP contribution in [0, 0.1) is 5.92 Å². The molecule has 0 radical (unpaired) electrons. The van der Waals surface area contributed by atoms with Crippen LogP contribution in [0.4, 0.5) is 18.9 Å². The molecule has 1 aliphatic carbocycles. The van der Waals surface area contributed by atoms with E-state index in [2.05, 4.69) is 10.1 Å². The molecule has 1 saturated heterocycles. The molecule has 1 aromatic carbocycles. The molecule has 1 heterocycles. The van der Waals surface area contributed by atoms with E-state index in [0.717, 1.165) is 32.1 Å². The second-order valence-electron chi connectivity index (χ2n) is 10.5. The molecule has 2 aliphatic rings. The highest BCUT2D eigenvalue weighted by Gasteiger charge is 2.35. The first-order valence-electron chi connectivity index (χ1n) is 13.3. The fraction of sp³-hybridized carbons (Fsp3) is 0.704. The van der Waals surface area contributed by atoms with E-state index in [0.29, 0.717) is 25.3 Å². The van der Waals surface area contributed by atoms with Crippen molar-refractivity contribution in [2.75, 3.05) is 25.0 Å². The smallest absolute Gasteiger partial charge is 0.406 e. The summed E-state index contributed by atoms with van der Waals surface area (Å²) in [6, 6.07) is 5.50. The van der Waals surface area contributed by atoms with Crippen molar-refractivity contribution in [1.29, 1.82) is 0 Å². The van der Waals surface area contributed by atoms with Crippen LogP contribution in [0.3, 0.4) is 0 Å². The summed E-state index contributed by atoms with van der Waals surface area (Å²) >= 11 is 0. The highest BCUT2D eigenvalue weighted by atomic mass is 19.4. The number of nitrogens with zero attached hydrogens (tertiary/aromatic N) is 2. The van der Waals surface area contributed by atoms with Crippen LogP contribution in [-0.4, -0.2) is 71.9 Å². The molecule has 0 bridgehead atoms. The first kappa shape index (κ1) is 29.1. The zero-order valence-electron chi connectivity index (χ0n) is 22.2. The van der Waals surface area contributed by atoms with E-state index in [-0.39, 0.29) is 48.3 Å². The molecular weight excluding hydrogens is 487 g/mol. The van der Waals surface area contributed by atoms with Crippen molar-refractivity contribution in [2.45, 2.75) is 96.9 Å². The molecule has 1 N–H and O–H groups in total. The number of alkyl halides is 3. The van der Waals surface area contributed by atoms with E-state index in [4.69, 9.17) is 4.74 Å². The Balaban J connectivity index is 1.63. The van der Waals surface area contributed by atoms with Crippen LogP contribution in [0.15, 0.2) is 24.3 Å². The van der Waals surface area contributed by atoms with Crippen molar-refractivity contribution in [3.8, 4) is 5.75 Å². The average molecular weight is 528 g/mol. The molecule has 3 rings (SSSR count). The molecule has 10 heteroatoms. The third-order valence-corrected chi connectivity index (χ3v) is 7.06. The number of hydrogen-bond acceptors (Lipinski definition) is 5. The zero-order valence-corrected chi connectivity index (χ0v) is 22.2. The molecule has 208 valence electrons. The summed E-state index contributed by atoms with van der Waals surface area (Å²) in [4.78, 5) is 30.4. The minimum absolute atomic E-state index is 0.0293. The molecule has 4 atom stereocenters. The van der Waals surface area contributed by atoms with Crippen molar-refractivity contribution < 1.29 is 32.2 Å². The van der Waals surface area contributed by atoms with Gasteiger partial charge in [-0.2, -0.15) is 0 Å². The summed E-state index contributed by atoms with van der Waals surface area (Å²) in [7, 11) is 0. The topological polar surface area (TPSA) is 71.1 Å². The van der Waals surface area contributed by atoms with Crippen LogP contribution in [0.5, 0.6) is 5.75 Å². The van der Waals surface area contributed by atoms with Gasteiger partial charge in [-0.05, 0) is 57.9 Å². The highest BCUT2D eigenvalue weighted by molar-refractivity contribution is 5.86. The fourth-order valence-electron chi connectivity index (χ4n) is 5.37. The summed E-state index contributed by atoms with van der Waals surface area (Å²) in [6.07, 6.45) is 0.493. The summed E-state index contributed by atoms with van der Waals surface area (Å²) < 4.78 is 46.9. The van der Waals surface area contributed by atoms with Gasteiger partial charge in [0.25, 0.3) is 0 Å². The minimum Gasteiger partial charge on any atom is -0.406 e. The van der Waals surface area contributed by atoms with Crippen LogP contribution >= 0.6 is 0 Å². The average Bonchev–Trinajstić information content (AvgIpc) is 2.82.